The molecule has 126 valence electrons. The fraction of sp³-hybridized carbons (Fsp3) is 0.278. The Hall–Kier alpha value is -2.21. The molecular weight excluding hydrogens is 370 g/mol. The van der Waals surface area contributed by atoms with Gasteiger partial charge in [0.1, 0.15) is 5.75 Å². The summed E-state index contributed by atoms with van der Waals surface area (Å²) in [5.41, 5.74) is 8.11. The van der Waals surface area contributed by atoms with Gasteiger partial charge in [-0.2, -0.15) is 0 Å². The largest absolute Gasteiger partial charge is 0.495 e. The van der Waals surface area contributed by atoms with Crippen LogP contribution in [0.3, 0.4) is 0 Å². The smallest absolute Gasteiger partial charge is 0.256 e. The lowest BCUT2D eigenvalue weighted by molar-refractivity contribution is 0.0747. The molecule has 1 fully saturated rings. The molecule has 2 aromatic rings. The monoisotopic (exact) mass is 389 g/mol. The minimum absolute atomic E-state index is 0.0142. The number of hydrogen-bond donors (Lipinski definition) is 1. The standard InChI is InChI=1S/C18H20BrN3O2/c1-24-17-5-3-2-4-16(17)21-8-10-22(11-9-21)18(23)14-7-6-13(19)12-15(14)20/h2-7,12H,8-11,20H2,1H3. The van der Waals surface area contributed by atoms with Gasteiger partial charge in [0, 0.05) is 36.3 Å². The van der Waals surface area contributed by atoms with Crippen LogP contribution in [0.4, 0.5) is 11.4 Å². The number of rotatable bonds is 3. The molecule has 1 saturated heterocycles. The average Bonchev–Trinajstić information content (AvgIpc) is 2.61. The van der Waals surface area contributed by atoms with Crippen molar-refractivity contribution in [2.24, 2.45) is 0 Å². The molecule has 6 heteroatoms. The fourth-order valence-electron chi connectivity index (χ4n) is 2.94. The SMILES string of the molecule is COc1ccccc1N1CCN(C(=O)c2ccc(Br)cc2N)CC1. The highest BCUT2D eigenvalue weighted by Gasteiger charge is 2.24. The van der Waals surface area contributed by atoms with Crippen molar-refractivity contribution in [1.29, 1.82) is 0 Å². The Morgan fingerprint density at radius 2 is 1.83 bits per heavy atom. The Morgan fingerprint density at radius 3 is 2.50 bits per heavy atom. The van der Waals surface area contributed by atoms with E-state index < -0.39 is 0 Å². The lowest BCUT2D eigenvalue weighted by Gasteiger charge is -2.36. The van der Waals surface area contributed by atoms with Crippen LogP contribution in [-0.4, -0.2) is 44.1 Å². The third-order valence-corrected chi connectivity index (χ3v) is 4.73. The number of nitrogen functional groups attached to an aromatic ring is 1. The van der Waals surface area contributed by atoms with E-state index in [0.29, 0.717) is 24.3 Å². The highest BCUT2D eigenvalue weighted by atomic mass is 79.9. The third kappa shape index (κ3) is 3.33. The molecule has 0 atom stereocenters. The van der Waals surface area contributed by atoms with Gasteiger partial charge in [-0.1, -0.05) is 28.1 Å². The van der Waals surface area contributed by atoms with Crippen molar-refractivity contribution in [1.82, 2.24) is 4.90 Å². The number of carbonyl (C=O) groups is 1. The van der Waals surface area contributed by atoms with Crippen LogP contribution in [0.15, 0.2) is 46.9 Å². The van der Waals surface area contributed by atoms with Gasteiger partial charge in [-0.05, 0) is 30.3 Å². The minimum Gasteiger partial charge on any atom is -0.495 e. The number of nitrogens with two attached hydrogens (primary N) is 1. The van der Waals surface area contributed by atoms with E-state index in [9.17, 15) is 4.79 Å². The molecule has 2 aromatic carbocycles. The molecule has 0 aromatic heterocycles. The van der Waals surface area contributed by atoms with E-state index in [1.165, 1.54) is 0 Å². The Balaban J connectivity index is 1.69. The Labute approximate surface area is 150 Å². The van der Waals surface area contributed by atoms with Crippen LogP contribution in [0.5, 0.6) is 5.75 Å². The number of anilines is 2. The first-order valence-corrected chi connectivity index (χ1v) is 8.61. The van der Waals surface area contributed by atoms with Crippen molar-refractivity contribution < 1.29 is 9.53 Å². The van der Waals surface area contributed by atoms with Crippen LogP contribution >= 0.6 is 15.9 Å². The number of carbonyl (C=O) groups excluding carboxylic acids is 1. The highest BCUT2D eigenvalue weighted by Crippen LogP contribution is 2.29. The maximum absolute atomic E-state index is 12.7. The molecule has 1 amide bonds. The first kappa shape index (κ1) is 16.6. The summed E-state index contributed by atoms with van der Waals surface area (Å²) in [7, 11) is 1.68. The predicted octanol–water partition coefficient (Wildman–Crippen LogP) is 3.00. The van der Waals surface area contributed by atoms with E-state index in [0.717, 1.165) is 29.0 Å². The zero-order valence-electron chi connectivity index (χ0n) is 13.5. The lowest BCUT2D eigenvalue weighted by atomic mass is 10.1. The molecule has 5 nitrogen and oxygen atoms in total. The second-order valence-electron chi connectivity index (χ2n) is 5.68. The molecule has 0 bridgehead atoms. The first-order chi connectivity index (χ1) is 11.6. The van der Waals surface area contributed by atoms with Crippen molar-refractivity contribution in [2.75, 3.05) is 43.9 Å². The number of ether oxygens (including phenoxy) is 1. The van der Waals surface area contributed by atoms with Crippen molar-refractivity contribution in [3.63, 3.8) is 0 Å². The van der Waals surface area contributed by atoms with Crippen LogP contribution < -0.4 is 15.4 Å². The number of piperazine rings is 1. The fourth-order valence-corrected chi connectivity index (χ4v) is 3.32. The molecule has 1 aliphatic rings. The Kier molecular flexibility index (Phi) is 4.94. The number of benzene rings is 2. The van der Waals surface area contributed by atoms with Gasteiger partial charge in [-0.25, -0.2) is 0 Å². The molecule has 0 radical (unpaired) electrons. The van der Waals surface area contributed by atoms with Gasteiger partial charge in [-0.3, -0.25) is 4.79 Å². The van der Waals surface area contributed by atoms with Gasteiger partial charge in [0.25, 0.3) is 5.91 Å². The van der Waals surface area contributed by atoms with Gasteiger partial charge in [0.2, 0.25) is 0 Å². The third-order valence-electron chi connectivity index (χ3n) is 4.24. The highest BCUT2D eigenvalue weighted by molar-refractivity contribution is 9.10. The quantitative estimate of drug-likeness (QED) is 0.819. The molecule has 3 rings (SSSR count). The van der Waals surface area contributed by atoms with Crippen LogP contribution in [0.1, 0.15) is 10.4 Å². The van der Waals surface area contributed by atoms with Gasteiger partial charge < -0.3 is 20.3 Å². The number of methoxy groups -OCH3 is 1. The van der Waals surface area contributed by atoms with E-state index >= 15 is 0 Å². The predicted molar refractivity (Wildman–Crippen MR) is 99.7 cm³/mol. The molecule has 1 aliphatic heterocycles. The van der Waals surface area contributed by atoms with Crippen molar-refractivity contribution >= 4 is 33.2 Å². The summed E-state index contributed by atoms with van der Waals surface area (Å²) >= 11 is 3.37. The zero-order chi connectivity index (χ0) is 17.1. The molecule has 2 N–H and O–H groups in total. The van der Waals surface area contributed by atoms with Gasteiger partial charge in [-0.15, -0.1) is 0 Å². The van der Waals surface area contributed by atoms with Crippen LogP contribution in [0, 0.1) is 0 Å². The molecule has 24 heavy (non-hydrogen) atoms. The summed E-state index contributed by atoms with van der Waals surface area (Å²) < 4.78 is 6.30. The average molecular weight is 390 g/mol. The van der Waals surface area contributed by atoms with E-state index in [2.05, 4.69) is 20.8 Å². The molecule has 0 aliphatic carbocycles. The second kappa shape index (κ2) is 7.13. The topological polar surface area (TPSA) is 58.8 Å². The zero-order valence-corrected chi connectivity index (χ0v) is 15.1. The molecule has 0 saturated carbocycles. The Bertz CT molecular complexity index is 743. The van der Waals surface area contributed by atoms with Gasteiger partial charge >= 0.3 is 0 Å². The molecule has 0 unspecified atom stereocenters. The summed E-state index contributed by atoms with van der Waals surface area (Å²) in [4.78, 5) is 16.8. The van der Waals surface area contributed by atoms with Gasteiger partial charge in [0.15, 0.2) is 0 Å². The van der Waals surface area contributed by atoms with Crippen molar-refractivity contribution in [3.8, 4) is 5.75 Å². The summed E-state index contributed by atoms with van der Waals surface area (Å²) in [5.74, 6) is 0.842. The maximum atomic E-state index is 12.7. The van der Waals surface area contributed by atoms with Crippen LogP contribution in [-0.2, 0) is 0 Å². The Morgan fingerprint density at radius 1 is 1.12 bits per heavy atom. The summed E-state index contributed by atoms with van der Waals surface area (Å²) in [5, 5.41) is 0. The van der Waals surface area contributed by atoms with E-state index in [-0.39, 0.29) is 5.91 Å². The van der Waals surface area contributed by atoms with Crippen LogP contribution in [0.2, 0.25) is 0 Å². The number of hydrogen-bond acceptors (Lipinski definition) is 4. The summed E-state index contributed by atoms with van der Waals surface area (Å²) in [6.45, 7) is 2.85. The molecule has 1 heterocycles. The normalized spacial score (nSPS) is 14.6. The van der Waals surface area contributed by atoms with Crippen LogP contribution in [0.25, 0.3) is 0 Å². The number of nitrogens with zero attached hydrogens (tertiary/aromatic N) is 2. The van der Waals surface area contributed by atoms with Gasteiger partial charge in [0.05, 0.1) is 18.4 Å². The molecular formula is C18H20BrN3O2. The maximum Gasteiger partial charge on any atom is 0.256 e. The second-order valence-corrected chi connectivity index (χ2v) is 6.60. The minimum atomic E-state index is -0.0142. The van der Waals surface area contributed by atoms with E-state index in [4.69, 9.17) is 10.5 Å². The molecule has 0 spiro atoms. The number of halogens is 1. The van der Waals surface area contributed by atoms with E-state index in [1.54, 1.807) is 19.2 Å². The van der Waals surface area contributed by atoms with Crippen molar-refractivity contribution in [3.05, 3.63) is 52.5 Å². The summed E-state index contributed by atoms with van der Waals surface area (Å²) in [6, 6.07) is 13.3. The lowest BCUT2D eigenvalue weighted by Crippen LogP contribution is -2.49. The summed E-state index contributed by atoms with van der Waals surface area (Å²) in [6.07, 6.45) is 0. The number of amides is 1. The number of para-hydroxylation sites is 2. The van der Waals surface area contributed by atoms with E-state index in [1.807, 2.05) is 35.2 Å². The van der Waals surface area contributed by atoms with Crippen molar-refractivity contribution in [2.45, 2.75) is 0 Å². The first-order valence-electron chi connectivity index (χ1n) is 7.82.